The van der Waals surface area contributed by atoms with Gasteiger partial charge in [0.25, 0.3) is 5.91 Å². The van der Waals surface area contributed by atoms with Crippen molar-refractivity contribution in [2.45, 2.75) is 51.6 Å². The second-order valence-corrected chi connectivity index (χ2v) is 9.62. The highest BCUT2D eigenvalue weighted by atomic mass is 16.7. The first-order chi connectivity index (χ1) is 18.5. The molecule has 2 N–H and O–H groups in total. The summed E-state index contributed by atoms with van der Waals surface area (Å²) in [5.41, 5.74) is -1.15. The van der Waals surface area contributed by atoms with Gasteiger partial charge in [0.2, 0.25) is 12.0 Å². The quantitative estimate of drug-likeness (QED) is 0.394. The first kappa shape index (κ1) is 28.1. The maximum Gasteiger partial charge on any atom is 0.364 e. The van der Waals surface area contributed by atoms with Crippen LogP contribution in [0.4, 0.5) is 5.69 Å². The van der Waals surface area contributed by atoms with Gasteiger partial charge in [0.15, 0.2) is 22.9 Å². The first-order valence-corrected chi connectivity index (χ1v) is 12.3. The van der Waals surface area contributed by atoms with Crippen molar-refractivity contribution in [2.75, 3.05) is 33.8 Å². The average Bonchev–Trinajstić information content (AvgIpc) is 2.91. The van der Waals surface area contributed by atoms with Gasteiger partial charge in [-0.15, -0.1) is 0 Å². The van der Waals surface area contributed by atoms with Gasteiger partial charge in [-0.05, 0) is 51.5 Å². The number of methoxy groups -OCH3 is 4. The number of amides is 1. The molecular weight excluding hydrogens is 510 g/mol. The third-order valence-corrected chi connectivity index (χ3v) is 6.83. The van der Waals surface area contributed by atoms with Crippen LogP contribution in [0, 0.1) is 6.92 Å². The van der Waals surface area contributed by atoms with Crippen LogP contribution in [0.25, 0.3) is 11.0 Å². The molecule has 2 heterocycles. The predicted octanol–water partition coefficient (Wildman–Crippen LogP) is 4.39. The van der Waals surface area contributed by atoms with E-state index in [1.54, 1.807) is 26.2 Å². The molecule has 1 aromatic heterocycles. The number of carbonyl (C=O) groups excluding carboxylic acids is 1. The second kappa shape index (κ2) is 11.0. The Balaban J connectivity index is 1.63. The van der Waals surface area contributed by atoms with E-state index in [1.807, 2.05) is 13.8 Å². The molecule has 3 aromatic rings. The molecule has 1 saturated heterocycles. The molecule has 1 amide bonds. The average molecular weight is 544 g/mol. The molecule has 210 valence electrons. The first-order valence-electron chi connectivity index (χ1n) is 12.3. The number of ether oxygens (including phenoxy) is 6. The van der Waals surface area contributed by atoms with Gasteiger partial charge < -0.3 is 43.3 Å². The van der Waals surface area contributed by atoms with Gasteiger partial charge in [-0.2, -0.15) is 0 Å². The Kier molecular flexibility index (Phi) is 7.94. The lowest BCUT2D eigenvalue weighted by atomic mass is 9.94. The minimum atomic E-state index is -0.931. The van der Waals surface area contributed by atoms with Crippen molar-refractivity contribution in [3.8, 4) is 28.7 Å². The Morgan fingerprint density at radius 1 is 1.03 bits per heavy atom. The van der Waals surface area contributed by atoms with Crippen LogP contribution in [-0.2, 0) is 9.47 Å². The molecule has 0 spiro atoms. The van der Waals surface area contributed by atoms with Crippen LogP contribution >= 0.6 is 0 Å². The van der Waals surface area contributed by atoms with Crippen molar-refractivity contribution in [2.24, 2.45) is 0 Å². The molecule has 4 rings (SSSR count). The Hall–Kier alpha value is -3.96. The normalized spacial score (nSPS) is 18.4. The Labute approximate surface area is 225 Å². The summed E-state index contributed by atoms with van der Waals surface area (Å²) in [6.45, 7) is 5.59. The highest BCUT2D eigenvalue weighted by Gasteiger charge is 2.39. The summed E-state index contributed by atoms with van der Waals surface area (Å²) >= 11 is 0. The van der Waals surface area contributed by atoms with Crippen LogP contribution in [0.3, 0.4) is 0 Å². The Bertz CT molecular complexity index is 1420. The third-order valence-electron chi connectivity index (χ3n) is 6.83. The van der Waals surface area contributed by atoms with E-state index in [2.05, 4.69) is 5.32 Å². The van der Waals surface area contributed by atoms with Gasteiger partial charge in [-0.3, -0.25) is 4.79 Å². The van der Waals surface area contributed by atoms with E-state index in [9.17, 15) is 14.7 Å². The van der Waals surface area contributed by atoms with Gasteiger partial charge in [-0.25, -0.2) is 4.79 Å². The number of aromatic hydroxyl groups is 1. The molecule has 2 atom stereocenters. The number of fused-ring (bicyclic) bond motifs is 1. The number of hydrogen-bond donors (Lipinski definition) is 2. The monoisotopic (exact) mass is 543 g/mol. The number of anilines is 1. The largest absolute Gasteiger partial charge is 0.505 e. The Morgan fingerprint density at radius 3 is 2.26 bits per heavy atom. The summed E-state index contributed by atoms with van der Waals surface area (Å²) in [4.78, 5) is 25.9. The van der Waals surface area contributed by atoms with Crippen LogP contribution in [0.1, 0.15) is 42.6 Å². The highest BCUT2D eigenvalue weighted by Crippen LogP contribution is 2.40. The summed E-state index contributed by atoms with van der Waals surface area (Å²) in [7, 11) is 5.93. The van der Waals surface area contributed by atoms with Crippen molar-refractivity contribution in [3.63, 3.8) is 0 Å². The number of aryl methyl sites for hydroxylation is 1. The maximum absolute atomic E-state index is 13.0. The molecule has 0 aliphatic carbocycles. The number of rotatable bonds is 8. The molecule has 0 bridgehead atoms. The van der Waals surface area contributed by atoms with E-state index in [4.69, 9.17) is 32.8 Å². The van der Waals surface area contributed by atoms with Crippen molar-refractivity contribution >= 4 is 22.6 Å². The Morgan fingerprint density at radius 2 is 1.69 bits per heavy atom. The predicted molar refractivity (Wildman–Crippen MR) is 143 cm³/mol. The lowest BCUT2D eigenvalue weighted by Gasteiger charge is -2.41. The molecule has 39 heavy (non-hydrogen) atoms. The lowest BCUT2D eigenvalue weighted by Crippen LogP contribution is -2.49. The van der Waals surface area contributed by atoms with E-state index in [1.165, 1.54) is 33.5 Å². The standard InChI is InChI=1S/C28H33NO10/c1-14-17(37-21-11-10-20(35-6)28(2,3)39-21)9-8-16-23(30)22(27(32)38-24(14)16)29-26(31)15-12-18(33-4)25(36-7)19(13-15)34-5/h8-9,12-13,20-21,30H,10-11H2,1-7H3,(H,29,31)/t20-,21-/m1/s1. The highest BCUT2D eigenvalue weighted by molar-refractivity contribution is 6.07. The number of carbonyl (C=O) groups is 1. The zero-order valence-corrected chi connectivity index (χ0v) is 23.0. The van der Waals surface area contributed by atoms with Crippen molar-refractivity contribution in [1.82, 2.24) is 0 Å². The topological polar surface area (TPSA) is 135 Å². The molecule has 0 radical (unpaired) electrons. The summed E-state index contributed by atoms with van der Waals surface area (Å²) in [6, 6.07) is 6.05. The van der Waals surface area contributed by atoms with Crippen LogP contribution in [0.15, 0.2) is 33.5 Å². The number of nitrogens with one attached hydrogen (secondary N) is 1. The van der Waals surface area contributed by atoms with E-state index in [0.717, 1.165) is 6.42 Å². The molecule has 1 aliphatic rings. The van der Waals surface area contributed by atoms with Crippen LogP contribution in [0.2, 0.25) is 0 Å². The van der Waals surface area contributed by atoms with Crippen LogP contribution < -0.4 is 29.9 Å². The fourth-order valence-electron chi connectivity index (χ4n) is 4.74. The van der Waals surface area contributed by atoms with Crippen LogP contribution in [0.5, 0.6) is 28.7 Å². The smallest absolute Gasteiger partial charge is 0.364 e. The van der Waals surface area contributed by atoms with Crippen molar-refractivity contribution in [3.05, 3.63) is 45.8 Å². The zero-order valence-electron chi connectivity index (χ0n) is 23.0. The second-order valence-electron chi connectivity index (χ2n) is 9.62. The van der Waals surface area contributed by atoms with Gasteiger partial charge >= 0.3 is 5.63 Å². The molecule has 11 nitrogen and oxygen atoms in total. The van der Waals surface area contributed by atoms with Gasteiger partial charge in [0.05, 0.1) is 38.4 Å². The molecule has 11 heteroatoms. The van der Waals surface area contributed by atoms with Crippen molar-refractivity contribution in [1.29, 1.82) is 0 Å². The molecule has 1 fully saturated rings. The van der Waals surface area contributed by atoms with E-state index >= 15 is 0 Å². The molecule has 0 saturated carbocycles. The fraction of sp³-hybridized carbons (Fsp3) is 0.429. The van der Waals surface area contributed by atoms with E-state index in [0.29, 0.717) is 23.5 Å². The fourth-order valence-corrected chi connectivity index (χ4v) is 4.74. The molecule has 2 aromatic carbocycles. The minimum absolute atomic E-state index is 0.0567. The van der Waals surface area contributed by atoms with Crippen molar-refractivity contribution < 1.29 is 42.7 Å². The molecule has 1 aliphatic heterocycles. The maximum atomic E-state index is 13.0. The summed E-state index contributed by atoms with van der Waals surface area (Å²) in [5.74, 6) is 0.120. The number of hydrogen-bond acceptors (Lipinski definition) is 10. The zero-order chi connectivity index (χ0) is 28.5. The van der Waals surface area contributed by atoms with Gasteiger partial charge in [0.1, 0.15) is 11.3 Å². The molecular formula is C28H33NO10. The van der Waals surface area contributed by atoms with Gasteiger partial charge in [-0.1, -0.05) is 0 Å². The summed E-state index contributed by atoms with van der Waals surface area (Å²) in [6.07, 6.45) is 0.783. The minimum Gasteiger partial charge on any atom is -0.505 e. The molecule has 0 unspecified atom stereocenters. The van der Waals surface area contributed by atoms with E-state index in [-0.39, 0.29) is 34.1 Å². The SMILES string of the molecule is COc1cc(C(=O)Nc2c(O)c3ccc(O[C@H]4CC[C@@H](OC)C(C)(C)O4)c(C)c3oc2=O)cc(OC)c1OC. The van der Waals surface area contributed by atoms with E-state index < -0.39 is 34.9 Å². The van der Waals surface area contributed by atoms with Crippen LogP contribution in [-0.4, -0.2) is 57.4 Å². The van der Waals surface area contributed by atoms with Gasteiger partial charge in [0, 0.05) is 24.7 Å². The summed E-state index contributed by atoms with van der Waals surface area (Å²) in [5, 5.41) is 13.6. The lowest BCUT2D eigenvalue weighted by molar-refractivity contribution is -0.233. The number of benzene rings is 2. The summed E-state index contributed by atoms with van der Waals surface area (Å²) < 4.78 is 39.1. The third kappa shape index (κ3) is 5.32.